The molecule has 40 heavy (non-hydrogen) atoms. The van der Waals surface area contributed by atoms with Gasteiger partial charge in [0.25, 0.3) is 0 Å². The zero-order valence-electron chi connectivity index (χ0n) is 20.9. The molecule has 0 unspecified atom stereocenters. The fourth-order valence-corrected chi connectivity index (χ4v) is 6.10. The van der Waals surface area contributed by atoms with Gasteiger partial charge >= 0.3 is 5.97 Å². The second-order valence-corrected chi connectivity index (χ2v) is 10.5. The van der Waals surface area contributed by atoms with Gasteiger partial charge in [-0.25, -0.2) is 4.79 Å². The minimum atomic E-state index is -1.24. The highest BCUT2D eigenvalue weighted by Crippen LogP contribution is 2.39. The molecular weight excluding hydrogens is 537 g/mol. The summed E-state index contributed by atoms with van der Waals surface area (Å²) in [6.45, 7) is 0. The van der Waals surface area contributed by atoms with Crippen molar-refractivity contribution in [1.29, 1.82) is 5.26 Å². The van der Waals surface area contributed by atoms with E-state index in [0.29, 0.717) is 4.88 Å². The summed E-state index contributed by atoms with van der Waals surface area (Å²) < 4.78 is 9.21. The number of hydrogen-bond acceptors (Lipinski definition) is 7. The Morgan fingerprint density at radius 1 is 0.750 bits per heavy atom. The number of hydrogen-bond donors (Lipinski definition) is 1. The monoisotopic (exact) mass is 556 g/mol. The number of nitriles is 1. The number of fused-ring (bicyclic) bond motifs is 1. The van der Waals surface area contributed by atoms with Gasteiger partial charge in [0.2, 0.25) is 0 Å². The fraction of sp³-hybridized carbons (Fsp3) is 0. The molecule has 0 fully saturated rings. The molecule has 192 valence electrons. The van der Waals surface area contributed by atoms with Crippen LogP contribution < -0.4 is 4.90 Å². The third kappa shape index (κ3) is 4.87. The Kier molecular flexibility index (Phi) is 6.89. The maximum absolute atomic E-state index is 11.2. The van der Waals surface area contributed by atoms with Crippen LogP contribution in [0.1, 0.15) is 4.88 Å². The van der Waals surface area contributed by atoms with E-state index in [1.54, 1.807) is 6.07 Å². The first kappa shape index (κ1) is 25.2. The number of benzene rings is 4. The summed E-state index contributed by atoms with van der Waals surface area (Å²) in [7, 11) is 0. The Bertz CT molecular complexity index is 1850. The minimum absolute atomic E-state index is 0.300. The van der Waals surface area contributed by atoms with E-state index in [0.717, 1.165) is 61.4 Å². The molecule has 0 spiro atoms. The fourth-order valence-electron chi connectivity index (χ4n) is 4.55. The molecule has 1 N–H and O–H groups in total. The molecule has 0 bridgehead atoms. The second-order valence-electron chi connectivity index (χ2n) is 8.85. The molecule has 0 saturated heterocycles. The second kappa shape index (κ2) is 10.9. The molecule has 2 heterocycles. The van der Waals surface area contributed by atoms with Crippen molar-refractivity contribution in [3.63, 3.8) is 0 Å². The lowest BCUT2D eigenvalue weighted by Crippen LogP contribution is -2.09. The predicted molar refractivity (Wildman–Crippen MR) is 162 cm³/mol. The number of thiophene rings is 1. The molecule has 0 aliphatic heterocycles. The van der Waals surface area contributed by atoms with Crippen molar-refractivity contribution < 1.29 is 9.90 Å². The highest BCUT2D eigenvalue weighted by atomic mass is 32.1. The summed E-state index contributed by atoms with van der Waals surface area (Å²) in [6, 6.07) is 38.5. The van der Waals surface area contributed by atoms with Crippen LogP contribution in [0.4, 0.5) is 17.1 Å². The normalized spacial score (nSPS) is 11.3. The molecule has 6 aromatic rings. The third-order valence-corrected chi connectivity index (χ3v) is 8.00. The largest absolute Gasteiger partial charge is 0.477 e. The average molecular weight is 557 g/mol. The van der Waals surface area contributed by atoms with Crippen LogP contribution in [-0.2, 0) is 4.79 Å². The van der Waals surface area contributed by atoms with E-state index in [1.807, 2.05) is 60.7 Å². The van der Waals surface area contributed by atoms with E-state index in [9.17, 15) is 4.79 Å². The van der Waals surface area contributed by atoms with E-state index in [1.165, 1.54) is 17.4 Å². The number of nitrogens with zero attached hydrogens (tertiary/aromatic N) is 4. The van der Waals surface area contributed by atoms with E-state index < -0.39 is 5.97 Å². The molecule has 4 aromatic carbocycles. The predicted octanol–water partition coefficient (Wildman–Crippen LogP) is 8.55. The Morgan fingerprint density at radius 3 is 1.93 bits per heavy atom. The molecule has 2 aromatic heterocycles. The topological polar surface area (TPSA) is 90.1 Å². The highest BCUT2D eigenvalue weighted by Gasteiger charge is 2.17. The first-order valence-electron chi connectivity index (χ1n) is 12.3. The summed E-state index contributed by atoms with van der Waals surface area (Å²) in [5.74, 6) is -1.24. The van der Waals surface area contributed by atoms with Crippen molar-refractivity contribution in [3.05, 3.63) is 120 Å². The molecule has 0 radical (unpaired) electrons. The number of para-hydroxylation sites is 2. The van der Waals surface area contributed by atoms with Crippen LogP contribution in [0.2, 0.25) is 0 Å². The lowest BCUT2D eigenvalue weighted by Gasteiger charge is -2.25. The number of carboxylic acid groups (broad SMARTS) is 1. The average Bonchev–Trinajstić information content (AvgIpc) is 3.67. The molecule has 6 rings (SSSR count). The van der Waals surface area contributed by atoms with Crippen molar-refractivity contribution in [2.75, 3.05) is 4.90 Å². The summed E-state index contributed by atoms with van der Waals surface area (Å²) in [5.41, 5.74) is 7.43. The van der Waals surface area contributed by atoms with Gasteiger partial charge in [0.15, 0.2) is 0 Å². The van der Waals surface area contributed by atoms with Gasteiger partial charge in [-0.2, -0.15) is 14.0 Å². The molecular formula is C32H20N4O2S2. The molecule has 0 saturated carbocycles. The Labute approximate surface area is 238 Å². The van der Waals surface area contributed by atoms with Crippen molar-refractivity contribution in [2.45, 2.75) is 0 Å². The summed E-state index contributed by atoms with van der Waals surface area (Å²) in [6.07, 6.45) is 1.39. The van der Waals surface area contributed by atoms with Gasteiger partial charge in [0.1, 0.15) is 22.7 Å². The maximum atomic E-state index is 11.2. The van der Waals surface area contributed by atoms with E-state index in [-0.39, 0.29) is 5.57 Å². The van der Waals surface area contributed by atoms with Gasteiger partial charge in [0.05, 0.1) is 11.7 Å². The first-order valence-corrected chi connectivity index (χ1v) is 13.9. The van der Waals surface area contributed by atoms with Crippen LogP contribution in [0.15, 0.2) is 115 Å². The number of anilines is 3. The molecule has 0 atom stereocenters. The van der Waals surface area contributed by atoms with Crippen molar-refractivity contribution in [2.24, 2.45) is 0 Å². The number of carboxylic acids is 1. The standard InChI is InChI=1S/C32H20N4O2S2/c33-20-22(32(37)38)19-26-15-18-29(39-26)28-17-16-27(30-31(28)35-40-34-30)21-11-13-25(14-12-21)36(23-7-3-1-4-8-23)24-9-5-2-6-10-24/h1-19H,(H,37,38)/b22-19+. The summed E-state index contributed by atoms with van der Waals surface area (Å²) in [4.78, 5) is 15.1. The van der Waals surface area contributed by atoms with Crippen LogP contribution in [0, 0.1) is 11.3 Å². The lowest BCUT2D eigenvalue weighted by atomic mass is 10.0. The Hall–Kier alpha value is -5.10. The number of carbonyl (C=O) groups is 1. The van der Waals surface area contributed by atoms with Crippen LogP contribution in [0.25, 0.3) is 38.7 Å². The van der Waals surface area contributed by atoms with E-state index in [2.05, 4.69) is 62.2 Å². The SMILES string of the molecule is N#C/C(=C\c1ccc(-c2ccc(-c3ccc(N(c4ccccc4)c4ccccc4)cc3)c3nsnc23)s1)C(=O)O. The Morgan fingerprint density at radius 2 is 1.32 bits per heavy atom. The van der Waals surface area contributed by atoms with Gasteiger partial charge < -0.3 is 10.0 Å². The molecule has 0 aliphatic carbocycles. The quantitative estimate of drug-likeness (QED) is 0.156. The smallest absolute Gasteiger partial charge is 0.346 e. The number of rotatable bonds is 7. The zero-order chi connectivity index (χ0) is 27.5. The zero-order valence-corrected chi connectivity index (χ0v) is 22.6. The van der Waals surface area contributed by atoms with Crippen molar-refractivity contribution in [1.82, 2.24) is 8.75 Å². The van der Waals surface area contributed by atoms with Gasteiger partial charge in [-0.3, -0.25) is 0 Å². The van der Waals surface area contributed by atoms with Gasteiger partial charge in [-0.1, -0.05) is 60.7 Å². The maximum Gasteiger partial charge on any atom is 0.346 e. The van der Waals surface area contributed by atoms with Crippen LogP contribution in [-0.4, -0.2) is 19.8 Å². The van der Waals surface area contributed by atoms with Crippen LogP contribution in [0.3, 0.4) is 0 Å². The molecule has 8 heteroatoms. The Balaban J connectivity index is 1.36. The molecule has 0 aliphatic rings. The summed E-state index contributed by atoms with van der Waals surface area (Å²) in [5, 5.41) is 18.3. The lowest BCUT2D eigenvalue weighted by molar-refractivity contribution is -0.132. The van der Waals surface area contributed by atoms with Crippen molar-refractivity contribution in [3.8, 4) is 27.6 Å². The van der Waals surface area contributed by atoms with Crippen LogP contribution >= 0.6 is 23.1 Å². The van der Waals surface area contributed by atoms with Crippen molar-refractivity contribution >= 4 is 63.2 Å². The highest BCUT2D eigenvalue weighted by molar-refractivity contribution is 7.16. The van der Waals surface area contributed by atoms with E-state index >= 15 is 0 Å². The van der Waals surface area contributed by atoms with Gasteiger partial charge in [-0.05, 0) is 60.2 Å². The number of aliphatic carboxylic acids is 1. The van der Waals surface area contributed by atoms with Crippen LogP contribution in [0.5, 0.6) is 0 Å². The minimum Gasteiger partial charge on any atom is -0.477 e. The van der Waals surface area contributed by atoms with Gasteiger partial charge in [0, 0.05) is 37.9 Å². The first-order chi connectivity index (χ1) is 19.6. The molecule has 0 amide bonds. The van der Waals surface area contributed by atoms with Gasteiger partial charge in [-0.15, -0.1) is 11.3 Å². The third-order valence-electron chi connectivity index (χ3n) is 6.41. The van der Waals surface area contributed by atoms with E-state index in [4.69, 9.17) is 10.4 Å². The number of aromatic nitrogens is 2. The summed E-state index contributed by atoms with van der Waals surface area (Å²) >= 11 is 2.57. The molecule has 6 nitrogen and oxygen atoms in total.